The lowest BCUT2D eigenvalue weighted by Crippen LogP contribution is -2.10. The van der Waals surface area contributed by atoms with E-state index in [1.54, 1.807) is 13.2 Å². The SMILES string of the molecule is C=CC(C)OC1=CC(C)(C)c2ccc(OC)cc21. The van der Waals surface area contributed by atoms with Gasteiger partial charge in [0.2, 0.25) is 0 Å². The molecule has 0 spiro atoms. The van der Waals surface area contributed by atoms with Crippen molar-refractivity contribution < 1.29 is 9.47 Å². The van der Waals surface area contributed by atoms with E-state index in [9.17, 15) is 0 Å². The Bertz CT molecular complexity index is 498. The van der Waals surface area contributed by atoms with Gasteiger partial charge in [0.25, 0.3) is 0 Å². The highest BCUT2D eigenvalue weighted by Crippen LogP contribution is 2.42. The molecule has 0 radical (unpaired) electrons. The normalized spacial score (nSPS) is 17.7. The third-order valence-corrected chi connectivity index (χ3v) is 3.32. The Morgan fingerprint density at radius 2 is 2.06 bits per heavy atom. The summed E-state index contributed by atoms with van der Waals surface area (Å²) in [5, 5.41) is 0. The van der Waals surface area contributed by atoms with E-state index in [4.69, 9.17) is 9.47 Å². The predicted octanol–water partition coefficient (Wildman–Crippen LogP) is 3.92. The summed E-state index contributed by atoms with van der Waals surface area (Å²) in [7, 11) is 1.68. The molecule has 1 unspecified atom stereocenters. The second-order valence-electron chi connectivity index (χ2n) is 5.20. The molecular formula is C16H20O2. The minimum Gasteiger partial charge on any atom is -0.497 e. The Labute approximate surface area is 109 Å². The number of benzene rings is 1. The summed E-state index contributed by atoms with van der Waals surface area (Å²) in [4.78, 5) is 0. The molecule has 1 aromatic carbocycles. The average molecular weight is 244 g/mol. The predicted molar refractivity (Wildman–Crippen MR) is 74.7 cm³/mol. The lowest BCUT2D eigenvalue weighted by molar-refractivity contribution is 0.230. The summed E-state index contributed by atoms with van der Waals surface area (Å²) < 4.78 is 11.2. The van der Waals surface area contributed by atoms with Crippen LogP contribution < -0.4 is 4.74 Å². The molecule has 1 aliphatic carbocycles. The molecule has 2 heteroatoms. The number of rotatable bonds is 4. The van der Waals surface area contributed by atoms with Crippen molar-refractivity contribution in [2.24, 2.45) is 0 Å². The molecule has 2 nitrogen and oxygen atoms in total. The van der Waals surface area contributed by atoms with Gasteiger partial charge in [-0.25, -0.2) is 0 Å². The van der Waals surface area contributed by atoms with Crippen molar-refractivity contribution in [3.8, 4) is 5.75 Å². The van der Waals surface area contributed by atoms with Gasteiger partial charge in [0.1, 0.15) is 17.6 Å². The molecule has 1 atom stereocenters. The third kappa shape index (κ3) is 2.15. The maximum atomic E-state index is 5.91. The Morgan fingerprint density at radius 3 is 2.67 bits per heavy atom. The minimum absolute atomic E-state index is 0.00215. The Balaban J connectivity index is 2.43. The Kier molecular flexibility index (Phi) is 3.20. The lowest BCUT2D eigenvalue weighted by Gasteiger charge is -2.17. The van der Waals surface area contributed by atoms with Crippen molar-refractivity contribution in [1.82, 2.24) is 0 Å². The van der Waals surface area contributed by atoms with Crippen molar-refractivity contribution in [3.63, 3.8) is 0 Å². The number of ether oxygens (including phenoxy) is 2. The summed E-state index contributed by atoms with van der Waals surface area (Å²) >= 11 is 0. The van der Waals surface area contributed by atoms with Crippen molar-refractivity contribution in [2.75, 3.05) is 7.11 Å². The highest BCUT2D eigenvalue weighted by atomic mass is 16.5. The van der Waals surface area contributed by atoms with Gasteiger partial charge in [0.15, 0.2) is 0 Å². The Hall–Kier alpha value is -1.70. The van der Waals surface area contributed by atoms with Crippen LogP contribution in [0.25, 0.3) is 5.76 Å². The number of allylic oxidation sites excluding steroid dienone is 1. The fourth-order valence-electron chi connectivity index (χ4n) is 2.25. The van der Waals surface area contributed by atoms with Gasteiger partial charge >= 0.3 is 0 Å². The molecule has 96 valence electrons. The fourth-order valence-corrected chi connectivity index (χ4v) is 2.25. The molecule has 0 fully saturated rings. The van der Waals surface area contributed by atoms with Crippen LogP contribution in [0.1, 0.15) is 31.9 Å². The molecule has 18 heavy (non-hydrogen) atoms. The fraction of sp³-hybridized carbons (Fsp3) is 0.375. The molecule has 0 aromatic heterocycles. The summed E-state index contributed by atoms with van der Waals surface area (Å²) in [5.41, 5.74) is 2.39. The zero-order chi connectivity index (χ0) is 13.3. The molecule has 0 heterocycles. The molecule has 2 rings (SSSR count). The molecule has 0 amide bonds. The molecular weight excluding hydrogens is 224 g/mol. The van der Waals surface area contributed by atoms with Crippen LogP contribution in [-0.2, 0) is 10.2 Å². The van der Waals surface area contributed by atoms with Crippen molar-refractivity contribution in [3.05, 3.63) is 48.1 Å². The van der Waals surface area contributed by atoms with Crippen LogP contribution in [0.2, 0.25) is 0 Å². The summed E-state index contributed by atoms with van der Waals surface area (Å²) in [6, 6.07) is 6.14. The number of hydrogen-bond donors (Lipinski definition) is 0. The summed E-state index contributed by atoms with van der Waals surface area (Å²) in [5.74, 6) is 1.77. The number of fused-ring (bicyclic) bond motifs is 1. The Morgan fingerprint density at radius 1 is 1.33 bits per heavy atom. The molecule has 1 aliphatic rings. The van der Waals surface area contributed by atoms with Crippen LogP contribution >= 0.6 is 0 Å². The maximum absolute atomic E-state index is 5.91. The highest BCUT2D eigenvalue weighted by Gasteiger charge is 2.31. The van der Waals surface area contributed by atoms with Crippen molar-refractivity contribution in [1.29, 1.82) is 0 Å². The van der Waals surface area contributed by atoms with Crippen LogP contribution in [0.4, 0.5) is 0 Å². The second-order valence-corrected chi connectivity index (χ2v) is 5.20. The van der Waals surface area contributed by atoms with E-state index >= 15 is 0 Å². The topological polar surface area (TPSA) is 18.5 Å². The molecule has 0 bridgehead atoms. The van der Waals surface area contributed by atoms with E-state index in [0.29, 0.717) is 0 Å². The van der Waals surface area contributed by atoms with E-state index in [-0.39, 0.29) is 11.5 Å². The zero-order valence-electron chi connectivity index (χ0n) is 11.5. The van der Waals surface area contributed by atoms with E-state index < -0.39 is 0 Å². The molecule has 1 aromatic rings. The van der Waals surface area contributed by atoms with Gasteiger partial charge in [-0.1, -0.05) is 32.6 Å². The van der Waals surface area contributed by atoms with Gasteiger partial charge in [0.05, 0.1) is 7.11 Å². The first-order chi connectivity index (χ1) is 8.47. The van der Waals surface area contributed by atoms with Crippen LogP contribution in [0, 0.1) is 0 Å². The van der Waals surface area contributed by atoms with Gasteiger partial charge in [-0.15, -0.1) is 0 Å². The van der Waals surface area contributed by atoms with Crippen LogP contribution in [-0.4, -0.2) is 13.2 Å². The van der Waals surface area contributed by atoms with Gasteiger partial charge in [-0.2, -0.15) is 0 Å². The third-order valence-electron chi connectivity index (χ3n) is 3.32. The largest absolute Gasteiger partial charge is 0.497 e. The molecule has 0 saturated heterocycles. The van der Waals surface area contributed by atoms with E-state index in [2.05, 4.69) is 32.6 Å². The first kappa shape index (κ1) is 12.7. The van der Waals surface area contributed by atoms with Crippen molar-refractivity contribution >= 4 is 5.76 Å². The van der Waals surface area contributed by atoms with E-state index in [0.717, 1.165) is 17.1 Å². The van der Waals surface area contributed by atoms with Crippen LogP contribution in [0.15, 0.2) is 36.9 Å². The number of hydrogen-bond acceptors (Lipinski definition) is 2. The smallest absolute Gasteiger partial charge is 0.124 e. The number of methoxy groups -OCH3 is 1. The van der Waals surface area contributed by atoms with Gasteiger partial charge in [0, 0.05) is 11.0 Å². The monoisotopic (exact) mass is 244 g/mol. The second kappa shape index (κ2) is 4.52. The molecule has 0 aliphatic heterocycles. The first-order valence-electron chi connectivity index (χ1n) is 6.19. The standard InChI is InChI=1S/C16H20O2/c1-6-11(2)18-15-10-16(3,4)14-8-7-12(17-5)9-13(14)15/h6-11H,1H2,2-5H3. The maximum Gasteiger partial charge on any atom is 0.124 e. The molecule has 0 saturated carbocycles. The average Bonchev–Trinajstić information content (AvgIpc) is 2.60. The van der Waals surface area contributed by atoms with Gasteiger partial charge < -0.3 is 9.47 Å². The summed E-state index contributed by atoms with van der Waals surface area (Å²) in [6.07, 6.45) is 3.97. The summed E-state index contributed by atoms with van der Waals surface area (Å²) in [6.45, 7) is 10.1. The minimum atomic E-state index is -0.00215. The van der Waals surface area contributed by atoms with Crippen LogP contribution in [0.3, 0.4) is 0 Å². The van der Waals surface area contributed by atoms with Crippen molar-refractivity contribution in [2.45, 2.75) is 32.3 Å². The van der Waals surface area contributed by atoms with E-state index in [1.165, 1.54) is 5.56 Å². The quantitative estimate of drug-likeness (QED) is 0.747. The van der Waals surface area contributed by atoms with E-state index in [1.807, 2.05) is 19.1 Å². The lowest BCUT2D eigenvalue weighted by atomic mass is 9.87. The van der Waals surface area contributed by atoms with Crippen LogP contribution in [0.5, 0.6) is 5.75 Å². The van der Waals surface area contributed by atoms with Gasteiger partial charge in [-0.05, 0) is 30.7 Å². The van der Waals surface area contributed by atoms with Gasteiger partial charge in [-0.3, -0.25) is 0 Å². The first-order valence-corrected chi connectivity index (χ1v) is 6.19. The highest BCUT2D eigenvalue weighted by molar-refractivity contribution is 5.73. The molecule has 0 N–H and O–H groups in total. The zero-order valence-corrected chi connectivity index (χ0v) is 11.5.